The molecule has 0 unspecified atom stereocenters. The summed E-state index contributed by atoms with van der Waals surface area (Å²) < 4.78 is 5.93. The molecule has 2 aromatic rings. The number of aromatic hydroxyl groups is 1. The lowest BCUT2D eigenvalue weighted by Crippen LogP contribution is -2.38. The Kier molecular flexibility index (Phi) is 4.70. The summed E-state index contributed by atoms with van der Waals surface area (Å²) in [6, 6.07) is 6.88. The molecule has 2 aliphatic rings. The number of pyridine rings is 1. The average Bonchev–Trinajstić information content (AvgIpc) is 2.94. The van der Waals surface area contributed by atoms with E-state index in [2.05, 4.69) is 23.7 Å². The summed E-state index contributed by atoms with van der Waals surface area (Å²) in [5.41, 5.74) is 2.06. The van der Waals surface area contributed by atoms with Crippen LogP contribution in [0, 0.1) is 11.8 Å². The van der Waals surface area contributed by atoms with Gasteiger partial charge in [0, 0.05) is 32.0 Å². The van der Waals surface area contributed by atoms with Gasteiger partial charge in [-0.05, 0) is 54.2 Å². The minimum atomic E-state index is -0.150. The molecule has 1 saturated heterocycles. The Morgan fingerprint density at radius 3 is 2.59 bits per heavy atom. The Balaban J connectivity index is 1.64. The molecule has 1 aromatic carbocycles. The Morgan fingerprint density at radius 1 is 1.19 bits per heavy atom. The summed E-state index contributed by atoms with van der Waals surface area (Å²) in [5.74, 6) is 2.05. The number of allylic oxidation sites excluding steroid dienone is 1. The van der Waals surface area contributed by atoms with Crippen molar-refractivity contribution in [2.45, 2.75) is 26.8 Å². The van der Waals surface area contributed by atoms with Gasteiger partial charge in [-0.2, -0.15) is 0 Å². The van der Waals surface area contributed by atoms with Crippen LogP contribution in [0.3, 0.4) is 0 Å². The quantitative estimate of drug-likeness (QED) is 0.838. The van der Waals surface area contributed by atoms with Gasteiger partial charge in [-0.15, -0.1) is 0 Å². The van der Waals surface area contributed by atoms with Gasteiger partial charge in [0.1, 0.15) is 11.5 Å². The van der Waals surface area contributed by atoms with Crippen LogP contribution in [0.1, 0.15) is 41.8 Å². The maximum atomic E-state index is 12.8. The standard InChI is InChI=1S/C22H24N2O3/c1-14-9-15(2)12-24(11-14)13-18-19(25)4-3-17-21(26)20(27-22(17)18)10-16-5-7-23-8-6-16/h3-8,10,14-15,25H,9,11-13H2,1-2H3/b20-10-/t14-,15-/m0/s1. The monoisotopic (exact) mass is 364 g/mol. The van der Waals surface area contributed by atoms with Crippen LogP contribution in [0.4, 0.5) is 0 Å². The number of phenols is 1. The Morgan fingerprint density at radius 2 is 1.89 bits per heavy atom. The number of benzene rings is 1. The first-order chi connectivity index (χ1) is 13.0. The van der Waals surface area contributed by atoms with E-state index in [0.29, 0.717) is 35.3 Å². The van der Waals surface area contributed by atoms with E-state index >= 15 is 0 Å². The van der Waals surface area contributed by atoms with Crippen molar-refractivity contribution in [3.63, 3.8) is 0 Å². The fraction of sp³-hybridized carbons (Fsp3) is 0.364. The van der Waals surface area contributed by atoms with Crippen LogP contribution >= 0.6 is 0 Å². The molecule has 0 amide bonds. The smallest absolute Gasteiger partial charge is 0.231 e. The minimum Gasteiger partial charge on any atom is -0.507 e. The highest BCUT2D eigenvalue weighted by atomic mass is 16.5. The van der Waals surface area contributed by atoms with Gasteiger partial charge >= 0.3 is 0 Å². The Labute approximate surface area is 159 Å². The lowest BCUT2D eigenvalue weighted by Gasteiger charge is -2.35. The number of Topliss-reactive ketones (excluding diaryl/α,β-unsaturated/α-hetero) is 1. The fourth-order valence-corrected chi connectivity index (χ4v) is 4.21. The number of ketones is 1. The number of fused-ring (bicyclic) bond motifs is 1. The maximum absolute atomic E-state index is 12.8. The molecule has 0 bridgehead atoms. The van der Waals surface area contributed by atoms with Crippen LogP contribution in [0.5, 0.6) is 11.5 Å². The van der Waals surface area contributed by atoms with Gasteiger partial charge in [-0.25, -0.2) is 0 Å². The van der Waals surface area contributed by atoms with Gasteiger partial charge in [0.2, 0.25) is 5.78 Å². The first-order valence-electron chi connectivity index (χ1n) is 9.42. The number of phenolic OH excluding ortho intramolecular Hbond substituents is 1. The summed E-state index contributed by atoms with van der Waals surface area (Å²) in [5, 5.41) is 10.5. The highest BCUT2D eigenvalue weighted by molar-refractivity contribution is 6.14. The highest BCUT2D eigenvalue weighted by Crippen LogP contribution is 2.40. The number of piperidine rings is 1. The summed E-state index contributed by atoms with van der Waals surface area (Å²) >= 11 is 0. The number of hydrogen-bond acceptors (Lipinski definition) is 5. The van der Waals surface area contributed by atoms with E-state index in [4.69, 9.17) is 4.74 Å². The molecular weight excluding hydrogens is 340 g/mol. The third kappa shape index (κ3) is 3.60. The topological polar surface area (TPSA) is 62.7 Å². The highest BCUT2D eigenvalue weighted by Gasteiger charge is 2.32. The van der Waals surface area contributed by atoms with Crippen LogP contribution in [-0.2, 0) is 6.54 Å². The Hall–Kier alpha value is -2.66. The molecule has 5 nitrogen and oxygen atoms in total. The molecular formula is C22H24N2O3. The molecule has 2 atom stereocenters. The number of rotatable bonds is 3. The number of carbonyl (C=O) groups excluding carboxylic acids is 1. The van der Waals surface area contributed by atoms with Crippen molar-refractivity contribution in [3.05, 3.63) is 59.1 Å². The van der Waals surface area contributed by atoms with Crippen molar-refractivity contribution in [2.24, 2.45) is 11.8 Å². The molecule has 1 fully saturated rings. The van der Waals surface area contributed by atoms with Crippen molar-refractivity contribution < 1.29 is 14.6 Å². The minimum absolute atomic E-state index is 0.150. The summed E-state index contributed by atoms with van der Waals surface area (Å²) in [6.07, 6.45) is 6.29. The number of likely N-dealkylation sites (tertiary alicyclic amines) is 1. The van der Waals surface area contributed by atoms with E-state index in [9.17, 15) is 9.90 Å². The van der Waals surface area contributed by atoms with Crippen LogP contribution in [0.25, 0.3) is 6.08 Å². The zero-order valence-electron chi connectivity index (χ0n) is 15.7. The van der Waals surface area contributed by atoms with Gasteiger partial charge in [0.15, 0.2) is 5.76 Å². The molecule has 140 valence electrons. The third-order valence-electron chi connectivity index (χ3n) is 5.25. The van der Waals surface area contributed by atoms with Crippen molar-refractivity contribution in [3.8, 4) is 11.5 Å². The number of ether oxygens (including phenoxy) is 1. The molecule has 0 aliphatic carbocycles. The summed E-state index contributed by atoms with van der Waals surface area (Å²) in [6.45, 7) is 7.07. The molecule has 3 heterocycles. The summed E-state index contributed by atoms with van der Waals surface area (Å²) in [4.78, 5) is 19.1. The normalized spacial score (nSPS) is 24.1. The van der Waals surface area contributed by atoms with E-state index < -0.39 is 0 Å². The zero-order chi connectivity index (χ0) is 19.0. The lowest BCUT2D eigenvalue weighted by atomic mass is 9.91. The van der Waals surface area contributed by atoms with Gasteiger partial charge in [0.05, 0.1) is 11.1 Å². The first-order valence-corrected chi connectivity index (χ1v) is 9.42. The molecule has 27 heavy (non-hydrogen) atoms. The largest absolute Gasteiger partial charge is 0.507 e. The van der Waals surface area contributed by atoms with Crippen molar-refractivity contribution in [1.29, 1.82) is 0 Å². The third-order valence-corrected chi connectivity index (χ3v) is 5.25. The van der Waals surface area contributed by atoms with Gasteiger partial charge < -0.3 is 9.84 Å². The lowest BCUT2D eigenvalue weighted by molar-refractivity contribution is 0.101. The molecule has 5 heteroatoms. The number of carbonyl (C=O) groups is 1. The van der Waals surface area contributed by atoms with E-state index in [-0.39, 0.29) is 17.3 Å². The number of aromatic nitrogens is 1. The van der Waals surface area contributed by atoms with E-state index in [0.717, 1.165) is 18.7 Å². The second-order valence-electron chi connectivity index (χ2n) is 7.80. The molecule has 0 radical (unpaired) electrons. The van der Waals surface area contributed by atoms with Crippen LogP contribution in [-0.4, -0.2) is 33.9 Å². The first kappa shape index (κ1) is 17.7. The maximum Gasteiger partial charge on any atom is 0.231 e. The number of nitrogens with zero attached hydrogens (tertiary/aromatic N) is 2. The van der Waals surface area contributed by atoms with Crippen molar-refractivity contribution >= 4 is 11.9 Å². The zero-order valence-corrected chi connectivity index (χ0v) is 15.7. The van der Waals surface area contributed by atoms with Gasteiger partial charge in [0.25, 0.3) is 0 Å². The van der Waals surface area contributed by atoms with E-state index in [1.165, 1.54) is 6.42 Å². The molecule has 1 N–H and O–H groups in total. The fourth-order valence-electron chi connectivity index (χ4n) is 4.21. The second-order valence-corrected chi connectivity index (χ2v) is 7.80. The van der Waals surface area contributed by atoms with E-state index in [1.54, 1.807) is 30.6 Å². The molecule has 0 spiro atoms. The molecule has 4 rings (SSSR count). The SMILES string of the molecule is C[C@H]1C[C@H](C)CN(Cc2c(O)ccc3c2O/C(=C\c2ccncc2)C3=O)C1. The van der Waals surface area contributed by atoms with Gasteiger partial charge in [-0.3, -0.25) is 14.7 Å². The van der Waals surface area contributed by atoms with E-state index in [1.807, 2.05) is 12.1 Å². The van der Waals surface area contributed by atoms with Gasteiger partial charge in [-0.1, -0.05) is 13.8 Å². The van der Waals surface area contributed by atoms with Crippen molar-refractivity contribution in [2.75, 3.05) is 13.1 Å². The second kappa shape index (κ2) is 7.16. The van der Waals surface area contributed by atoms with Crippen LogP contribution in [0.2, 0.25) is 0 Å². The van der Waals surface area contributed by atoms with Crippen LogP contribution < -0.4 is 4.74 Å². The predicted molar refractivity (Wildman–Crippen MR) is 104 cm³/mol. The van der Waals surface area contributed by atoms with Crippen molar-refractivity contribution in [1.82, 2.24) is 9.88 Å². The molecule has 1 aromatic heterocycles. The summed E-state index contributed by atoms with van der Waals surface area (Å²) in [7, 11) is 0. The predicted octanol–water partition coefficient (Wildman–Crippen LogP) is 3.88. The molecule has 2 aliphatic heterocycles. The Bertz CT molecular complexity index is 882. The van der Waals surface area contributed by atoms with Crippen LogP contribution in [0.15, 0.2) is 42.4 Å². The number of hydrogen-bond donors (Lipinski definition) is 1. The average molecular weight is 364 g/mol. The molecule has 0 saturated carbocycles.